The van der Waals surface area contributed by atoms with Crippen LogP contribution in [0.3, 0.4) is 0 Å². The zero-order chi connectivity index (χ0) is 12.1. The van der Waals surface area contributed by atoms with Gasteiger partial charge in [0.15, 0.2) is 0 Å². The molecule has 0 aliphatic heterocycles. The third-order valence-electron chi connectivity index (χ3n) is 2.99. The van der Waals surface area contributed by atoms with Crippen molar-refractivity contribution in [2.75, 3.05) is 31.5 Å². The maximum absolute atomic E-state index is 4.40. The lowest BCUT2D eigenvalue weighted by Crippen LogP contribution is -2.28. The van der Waals surface area contributed by atoms with Crippen LogP contribution in [-0.4, -0.2) is 36.1 Å². The van der Waals surface area contributed by atoms with E-state index in [4.69, 9.17) is 0 Å². The normalized spacial score (nSPS) is 11.2. The number of pyridine rings is 1. The van der Waals surface area contributed by atoms with E-state index < -0.39 is 0 Å². The van der Waals surface area contributed by atoms with Crippen LogP contribution in [0, 0.1) is 0 Å². The van der Waals surface area contributed by atoms with Gasteiger partial charge in [-0.05, 0) is 30.6 Å². The average Bonchev–Trinajstić information content (AvgIpc) is 2.83. The number of nitrogens with zero attached hydrogens (tertiary/aromatic N) is 2. The van der Waals surface area contributed by atoms with Crippen LogP contribution in [-0.2, 0) is 0 Å². The standard InChI is InChI=1S/C13H19N3S/c1-3-16(4-2)9-8-15-13-11-6-10-17-12(11)5-7-14-13/h5-7,10H,3-4,8-9H2,1-2H3,(H,14,15). The second kappa shape index (κ2) is 5.98. The molecule has 0 atom stereocenters. The Morgan fingerprint density at radius 1 is 1.29 bits per heavy atom. The SMILES string of the molecule is CCN(CC)CCNc1nccc2sccc12. The number of hydrogen-bond acceptors (Lipinski definition) is 4. The summed E-state index contributed by atoms with van der Waals surface area (Å²) in [4.78, 5) is 6.81. The molecule has 92 valence electrons. The molecule has 0 spiro atoms. The zero-order valence-electron chi connectivity index (χ0n) is 10.4. The van der Waals surface area contributed by atoms with Gasteiger partial charge in [0.1, 0.15) is 5.82 Å². The highest BCUT2D eigenvalue weighted by molar-refractivity contribution is 7.17. The van der Waals surface area contributed by atoms with Gasteiger partial charge in [0.25, 0.3) is 0 Å². The number of likely N-dealkylation sites (N-methyl/N-ethyl adjacent to an activating group) is 1. The maximum atomic E-state index is 4.40. The highest BCUT2D eigenvalue weighted by Gasteiger charge is 2.03. The second-order valence-corrected chi connectivity index (χ2v) is 4.89. The fraction of sp³-hybridized carbons (Fsp3) is 0.462. The van der Waals surface area contributed by atoms with Crippen LogP contribution in [0.15, 0.2) is 23.7 Å². The lowest BCUT2D eigenvalue weighted by Gasteiger charge is -2.18. The van der Waals surface area contributed by atoms with Crippen molar-refractivity contribution in [2.45, 2.75) is 13.8 Å². The van der Waals surface area contributed by atoms with Crippen molar-refractivity contribution < 1.29 is 0 Å². The zero-order valence-corrected chi connectivity index (χ0v) is 11.3. The molecule has 4 heteroatoms. The minimum absolute atomic E-state index is 0.948. The predicted octanol–water partition coefficient (Wildman–Crippen LogP) is 3.05. The van der Waals surface area contributed by atoms with Crippen molar-refractivity contribution in [3.63, 3.8) is 0 Å². The van der Waals surface area contributed by atoms with Gasteiger partial charge in [-0.1, -0.05) is 13.8 Å². The minimum atomic E-state index is 0.948. The summed E-state index contributed by atoms with van der Waals surface area (Å²) < 4.78 is 1.30. The third-order valence-corrected chi connectivity index (χ3v) is 3.88. The lowest BCUT2D eigenvalue weighted by atomic mass is 10.3. The fourth-order valence-electron chi connectivity index (χ4n) is 1.91. The molecule has 17 heavy (non-hydrogen) atoms. The summed E-state index contributed by atoms with van der Waals surface area (Å²) in [6, 6.07) is 4.20. The molecular weight excluding hydrogens is 230 g/mol. The number of thiophene rings is 1. The number of rotatable bonds is 6. The van der Waals surface area contributed by atoms with E-state index in [0.717, 1.165) is 32.0 Å². The molecule has 2 aromatic heterocycles. The average molecular weight is 249 g/mol. The van der Waals surface area contributed by atoms with E-state index >= 15 is 0 Å². The van der Waals surface area contributed by atoms with E-state index in [0.29, 0.717) is 0 Å². The van der Waals surface area contributed by atoms with Crippen LogP contribution < -0.4 is 5.32 Å². The number of anilines is 1. The van der Waals surface area contributed by atoms with Gasteiger partial charge in [0.2, 0.25) is 0 Å². The molecule has 0 saturated carbocycles. The molecular formula is C13H19N3S. The van der Waals surface area contributed by atoms with Crippen molar-refractivity contribution in [1.29, 1.82) is 0 Å². The number of fused-ring (bicyclic) bond motifs is 1. The van der Waals surface area contributed by atoms with Gasteiger partial charge in [-0.2, -0.15) is 0 Å². The molecule has 0 fully saturated rings. The molecule has 0 aliphatic carbocycles. The Bertz CT molecular complexity index is 462. The minimum Gasteiger partial charge on any atom is -0.368 e. The van der Waals surface area contributed by atoms with E-state index in [-0.39, 0.29) is 0 Å². The van der Waals surface area contributed by atoms with Crippen LogP contribution in [0.25, 0.3) is 10.1 Å². The molecule has 0 aromatic carbocycles. The summed E-state index contributed by atoms with van der Waals surface area (Å²) in [6.07, 6.45) is 1.87. The topological polar surface area (TPSA) is 28.2 Å². The van der Waals surface area contributed by atoms with Gasteiger partial charge in [-0.25, -0.2) is 4.98 Å². The summed E-state index contributed by atoms with van der Waals surface area (Å²) in [7, 11) is 0. The number of aromatic nitrogens is 1. The smallest absolute Gasteiger partial charge is 0.134 e. The molecule has 2 aromatic rings. The predicted molar refractivity (Wildman–Crippen MR) is 75.9 cm³/mol. The van der Waals surface area contributed by atoms with Crippen LogP contribution >= 0.6 is 11.3 Å². The van der Waals surface area contributed by atoms with E-state index in [2.05, 4.69) is 46.6 Å². The lowest BCUT2D eigenvalue weighted by molar-refractivity contribution is 0.316. The first-order valence-corrected chi connectivity index (χ1v) is 7.01. The first-order valence-electron chi connectivity index (χ1n) is 6.13. The molecule has 2 heterocycles. The Morgan fingerprint density at radius 2 is 2.12 bits per heavy atom. The van der Waals surface area contributed by atoms with Crippen LogP contribution in [0.4, 0.5) is 5.82 Å². The third kappa shape index (κ3) is 2.96. The Balaban J connectivity index is 1.97. The summed E-state index contributed by atoms with van der Waals surface area (Å²) in [5.74, 6) is 1.01. The van der Waals surface area contributed by atoms with Crippen molar-refractivity contribution in [3.8, 4) is 0 Å². The van der Waals surface area contributed by atoms with E-state index in [1.54, 1.807) is 11.3 Å². The van der Waals surface area contributed by atoms with Crippen LogP contribution in [0.2, 0.25) is 0 Å². The van der Waals surface area contributed by atoms with Crippen molar-refractivity contribution in [1.82, 2.24) is 9.88 Å². The molecule has 0 unspecified atom stereocenters. The van der Waals surface area contributed by atoms with Gasteiger partial charge in [-0.15, -0.1) is 11.3 Å². The van der Waals surface area contributed by atoms with Crippen molar-refractivity contribution >= 4 is 27.2 Å². The molecule has 3 nitrogen and oxygen atoms in total. The quantitative estimate of drug-likeness (QED) is 0.853. The highest BCUT2D eigenvalue weighted by atomic mass is 32.1. The Labute approximate surface area is 106 Å². The van der Waals surface area contributed by atoms with Crippen LogP contribution in [0.5, 0.6) is 0 Å². The second-order valence-electron chi connectivity index (χ2n) is 3.95. The summed E-state index contributed by atoms with van der Waals surface area (Å²) in [5, 5.41) is 6.77. The summed E-state index contributed by atoms with van der Waals surface area (Å²) >= 11 is 1.76. The fourth-order valence-corrected chi connectivity index (χ4v) is 2.69. The maximum Gasteiger partial charge on any atom is 0.134 e. The van der Waals surface area contributed by atoms with Crippen molar-refractivity contribution in [3.05, 3.63) is 23.7 Å². The van der Waals surface area contributed by atoms with Gasteiger partial charge >= 0.3 is 0 Å². The van der Waals surface area contributed by atoms with Gasteiger partial charge in [0, 0.05) is 29.4 Å². The molecule has 0 radical (unpaired) electrons. The molecule has 0 amide bonds. The first-order chi connectivity index (χ1) is 8.35. The van der Waals surface area contributed by atoms with E-state index in [1.807, 2.05) is 6.20 Å². The highest BCUT2D eigenvalue weighted by Crippen LogP contribution is 2.25. The monoisotopic (exact) mass is 249 g/mol. The van der Waals surface area contributed by atoms with Gasteiger partial charge in [0.05, 0.1) is 0 Å². The number of nitrogens with one attached hydrogen (secondary N) is 1. The van der Waals surface area contributed by atoms with Gasteiger partial charge < -0.3 is 10.2 Å². The first kappa shape index (κ1) is 12.3. The summed E-state index contributed by atoms with van der Waals surface area (Å²) in [5.41, 5.74) is 0. The largest absolute Gasteiger partial charge is 0.368 e. The molecule has 0 aliphatic rings. The summed E-state index contributed by atoms with van der Waals surface area (Å²) in [6.45, 7) is 8.62. The molecule has 2 rings (SSSR count). The van der Waals surface area contributed by atoms with Gasteiger partial charge in [-0.3, -0.25) is 0 Å². The van der Waals surface area contributed by atoms with Crippen LogP contribution in [0.1, 0.15) is 13.8 Å². The molecule has 0 bridgehead atoms. The Morgan fingerprint density at radius 3 is 2.88 bits per heavy atom. The molecule has 1 N–H and O–H groups in total. The number of hydrogen-bond donors (Lipinski definition) is 1. The van der Waals surface area contributed by atoms with E-state index in [9.17, 15) is 0 Å². The Hall–Kier alpha value is -1.13. The van der Waals surface area contributed by atoms with Crippen molar-refractivity contribution in [2.24, 2.45) is 0 Å². The molecule has 0 saturated heterocycles. The van der Waals surface area contributed by atoms with E-state index in [1.165, 1.54) is 10.1 Å². The Kier molecular flexibility index (Phi) is 4.34.